The summed E-state index contributed by atoms with van der Waals surface area (Å²) in [6.07, 6.45) is 3.81. The van der Waals surface area contributed by atoms with E-state index in [1.807, 2.05) is 0 Å². The average molecular weight is 438 g/mol. The molecule has 3 aromatic rings. The molecule has 2 nitrogen and oxygen atoms in total. The third-order valence-electron chi connectivity index (χ3n) is 6.35. The summed E-state index contributed by atoms with van der Waals surface area (Å²) in [5, 5.41) is 0. The lowest BCUT2D eigenvalue weighted by Crippen LogP contribution is -2.13. The maximum atomic E-state index is 14.9. The van der Waals surface area contributed by atoms with E-state index >= 15 is 0 Å². The van der Waals surface area contributed by atoms with Crippen molar-refractivity contribution in [2.45, 2.75) is 45.4 Å². The lowest BCUT2D eigenvalue weighted by Gasteiger charge is -2.27. The Morgan fingerprint density at radius 3 is 2.22 bits per heavy atom. The van der Waals surface area contributed by atoms with Crippen LogP contribution in [0.4, 0.5) is 13.2 Å². The van der Waals surface area contributed by atoms with Crippen molar-refractivity contribution in [1.82, 2.24) is 0 Å². The van der Waals surface area contributed by atoms with Crippen LogP contribution in [0.1, 0.15) is 60.0 Å². The minimum absolute atomic E-state index is 0.0585. The van der Waals surface area contributed by atoms with Crippen molar-refractivity contribution in [2.24, 2.45) is 5.92 Å². The Morgan fingerprint density at radius 2 is 1.56 bits per heavy atom. The van der Waals surface area contributed by atoms with Gasteiger partial charge in [0.25, 0.3) is 0 Å². The number of benzene rings is 3. The number of aryl methyl sites for hydroxylation is 1. The second-order valence-electron chi connectivity index (χ2n) is 8.66. The van der Waals surface area contributed by atoms with Crippen LogP contribution in [0.2, 0.25) is 0 Å². The number of carbonyl (C=O) groups is 1. The summed E-state index contributed by atoms with van der Waals surface area (Å²) in [6, 6.07) is 13.6. The molecule has 0 aliphatic heterocycles. The number of ether oxygens (including phenoxy) is 1. The number of halogens is 3. The van der Waals surface area contributed by atoms with Gasteiger partial charge < -0.3 is 4.74 Å². The molecule has 5 heteroatoms. The predicted molar refractivity (Wildman–Crippen MR) is 118 cm³/mol. The highest BCUT2D eigenvalue weighted by molar-refractivity contribution is 5.91. The van der Waals surface area contributed by atoms with Crippen LogP contribution in [0.15, 0.2) is 54.6 Å². The summed E-state index contributed by atoms with van der Waals surface area (Å²) >= 11 is 0. The van der Waals surface area contributed by atoms with E-state index in [0.29, 0.717) is 22.6 Å². The van der Waals surface area contributed by atoms with Gasteiger partial charge in [-0.05, 0) is 72.6 Å². The highest BCUT2D eigenvalue weighted by Crippen LogP contribution is 2.38. The van der Waals surface area contributed by atoms with Crippen LogP contribution in [-0.2, 0) is 0 Å². The van der Waals surface area contributed by atoms with E-state index in [-0.39, 0.29) is 22.8 Å². The minimum Gasteiger partial charge on any atom is -0.423 e. The fourth-order valence-electron chi connectivity index (χ4n) is 4.26. The maximum Gasteiger partial charge on any atom is 0.343 e. The van der Waals surface area contributed by atoms with Crippen molar-refractivity contribution in [2.75, 3.05) is 0 Å². The van der Waals surface area contributed by atoms with Crippen molar-refractivity contribution in [3.63, 3.8) is 0 Å². The summed E-state index contributed by atoms with van der Waals surface area (Å²) in [6.45, 7) is 3.80. The second kappa shape index (κ2) is 9.19. The first-order valence-electron chi connectivity index (χ1n) is 10.9. The zero-order chi connectivity index (χ0) is 22.8. The van der Waals surface area contributed by atoms with Crippen molar-refractivity contribution in [1.29, 1.82) is 0 Å². The van der Waals surface area contributed by atoms with Gasteiger partial charge in [0.15, 0.2) is 11.6 Å². The van der Waals surface area contributed by atoms with Gasteiger partial charge in [0.05, 0.1) is 5.56 Å². The number of hydrogen-bond acceptors (Lipinski definition) is 2. The van der Waals surface area contributed by atoms with E-state index in [1.54, 1.807) is 31.2 Å². The Hall–Kier alpha value is -3.08. The van der Waals surface area contributed by atoms with Crippen LogP contribution < -0.4 is 4.74 Å². The molecule has 1 aliphatic carbocycles. The van der Waals surface area contributed by atoms with E-state index in [4.69, 9.17) is 4.74 Å². The Kier molecular flexibility index (Phi) is 6.35. The highest BCUT2D eigenvalue weighted by Gasteiger charge is 2.25. The molecule has 0 spiro atoms. The van der Waals surface area contributed by atoms with Crippen LogP contribution in [0, 0.1) is 30.3 Å². The molecule has 1 saturated carbocycles. The average Bonchev–Trinajstić information content (AvgIpc) is 2.79. The molecule has 0 amide bonds. The molecule has 0 radical (unpaired) electrons. The number of hydrogen-bond donors (Lipinski definition) is 0. The van der Waals surface area contributed by atoms with Gasteiger partial charge in [-0.3, -0.25) is 0 Å². The monoisotopic (exact) mass is 438 g/mol. The topological polar surface area (TPSA) is 26.3 Å². The van der Waals surface area contributed by atoms with Crippen LogP contribution >= 0.6 is 0 Å². The van der Waals surface area contributed by atoms with Crippen molar-refractivity contribution >= 4 is 5.97 Å². The molecular weight excluding hydrogens is 413 g/mol. The van der Waals surface area contributed by atoms with Gasteiger partial charge in [0, 0.05) is 5.56 Å². The first-order chi connectivity index (χ1) is 15.3. The fraction of sp³-hybridized carbons (Fsp3) is 0.296. The SMILES string of the molecule is Cc1ccc(C(=O)Oc2ccc(-c3ccc(C4CCC(C)CC4)c(F)c3F)cc2)cc1F. The molecule has 0 saturated heterocycles. The van der Waals surface area contributed by atoms with Gasteiger partial charge in [-0.2, -0.15) is 0 Å². The van der Waals surface area contributed by atoms with E-state index in [0.717, 1.165) is 31.7 Å². The fourth-order valence-corrected chi connectivity index (χ4v) is 4.26. The smallest absolute Gasteiger partial charge is 0.343 e. The molecule has 0 aromatic heterocycles. The molecule has 0 heterocycles. The molecule has 4 rings (SSSR count). The minimum atomic E-state index is -0.860. The molecule has 1 fully saturated rings. The molecule has 0 N–H and O–H groups in total. The molecule has 3 aromatic carbocycles. The molecule has 32 heavy (non-hydrogen) atoms. The number of esters is 1. The largest absolute Gasteiger partial charge is 0.423 e. The lowest BCUT2D eigenvalue weighted by atomic mass is 9.79. The van der Waals surface area contributed by atoms with Crippen molar-refractivity contribution in [3.8, 4) is 16.9 Å². The van der Waals surface area contributed by atoms with Crippen molar-refractivity contribution in [3.05, 3.63) is 88.7 Å². The third kappa shape index (κ3) is 4.57. The van der Waals surface area contributed by atoms with E-state index < -0.39 is 23.4 Å². The van der Waals surface area contributed by atoms with Gasteiger partial charge in [-0.25, -0.2) is 18.0 Å². The normalized spacial score (nSPS) is 18.4. The maximum absolute atomic E-state index is 14.9. The van der Waals surface area contributed by atoms with Crippen LogP contribution in [0.25, 0.3) is 11.1 Å². The zero-order valence-corrected chi connectivity index (χ0v) is 18.1. The molecule has 0 unspecified atom stereocenters. The van der Waals surface area contributed by atoms with E-state index in [1.165, 1.54) is 24.3 Å². The Labute approximate surface area is 186 Å². The van der Waals surface area contributed by atoms with Gasteiger partial charge in [-0.15, -0.1) is 0 Å². The third-order valence-corrected chi connectivity index (χ3v) is 6.35. The first kappa shape index (κ1) is 22.1. The molecule has 0 atom stereocenters. The summed E-state index contributed by atoms with van der Waals surface area (Å²) in [4.78, 5) is 12.2. The summed E-state index contributed by atoms with van der Waals surface area (Å²) in [5.41, 5.74) is 1.62. The van der Waals surface area contributed by atoms with Crippen molar-refractivity contribution < 1.29 is 22.7 Å². The molecule has 0 bridgehead atoms. The summed E-state index contributed by atoms with van der Waals surface area (Å²) < 4.78 is 48.7. The molecule has 1 aliphatic rings. The summed E-state index contributed by atoms with van der Waals surface area (Å²) in [5.74, 6) is -1.90. The predicted octanol–water partition coefficient (Wildman–Crippen LogP) is 7.59. The van der Waals surface area contributed by atoms with Gasteiger partial charge in [-0.1, -0.05) is 50.1 Å². The first-order valence-corrected chi connectivity index (χ1v) is 10.9. The van der Waals surface area contributed by atoms with Crippen LogP contribution in [0.3, 0.4) is 0 Å². The standard InChI is InChI=1S/C27H25F3O2/c1-16-3-6-18(7-4-16)22-13-14-23(26(30)25(22)29)19-9-11-21(12-10-19)32-27(31)20-8-5-17(2)24(28)15-20/h5,8-16,18H,3-4,6-7H2,1-2H3. The Bertz CT molecular complexity index is 1130. The number of rotatable bonds is 4. The quantitative estimate of drug-likeness (QED) is 0.310. The lowest BCUT2D eigenvalue weighted by molar-refractivity contribution is 0.0734. The van der Waals surface area contributed by atoms with Crippen LogP contribution in [-0.4, -0.2) is 5.97 Å². The van der Waals surface area contributed by atoms with Crippen LogP contribution in [0.5, 0.6) is 5.75 Å². The zero-order valence-electron chi connectivity index (χ0n) is 18.1. The van der Waals surface area contributed by atoms with Gasteiger partial charge >= 0.3 is 5.97 Å². The highest BCUT2D eigenvalue weighted by atomic mass is 19.2. The van der Waals surface area contributed by atoms with E-state index in [2.05, 4.69) is 6.92 Å². The summed E-state index contributed by atoms with van der Waals surface area (Å²) in [7, 11) is 0. The molecule has 166 valence electrons. The van der Waals surface area contributed by atoms with Gasteiger partial charge in [0.2, 0.25) is 0 Å². The van der Waals surface area contributed by atoms with Gasteiger partial charge in [0.1, 0.15) is 11.6 Å². The van der Waals surface area contributed by atoms with E-state index in [9.17, 15) is 18.0 Å². The Balaban J connectivity index is 1.50. The second-order valence-corrected chi connectivity index (χ2v) is 8.66. The molecular formula is C27H25F3O2. The Morgan fingerprint density at radius 1 is 0.875 bits per heavy atom. The number of carbonyl (C=O) groups excluding carboxylic acids is 1.